The Kier molecular flexibility index (Phi) is 5.82. The van der Waals surface area contributed by atoms with E-state index in [9.17, 15) is 24.3 Å². The number of carbonyl (C=O) groups excluding carboxylic acids is 2. The fraction of sp³-hybridized carbons (Fsp3) is 0.300. The first-order chi connectivity index (χ1) is 17.3. The summed E-state index contributed by atoms with van der Waals surface area (Å²) >= 11 is 0. The largest absolute Gasteiger partial charge is 0.481 e. The second-order valence-electron chi connectivity index (χ2n) is 7.19. The van der Waals surface area contributed by atoms with Gasteiger partial charge in [-0.25, -0.2) is 4.79 Å². The molecule has 7 N–H and O–H groups in total. The van der Waals surface area contributed by atoms with Gasteiger partial charge in [0.05, 0.1) is 0 Å². The van der Waals surface area contributed by atoms with Gasteiger partial charge in [0.25, 0.3) is 11.8 Å². The molecule has 3 rings (SSSR count). The highest BCUT2D eigenvalue weighted by molar-refractivity contribution is 5.97. The molecule has 2 unspecified atom stereocenters. The van der Waals surface area contributed by atoms with Gasteiger partial charge < -0.3 is 31.9 Å². The molecule has 0 saturated carbocycles. The van der Waals surface area contributed by atoms with E-state index in [1.54, 1.807) is 0 Å². The molecule has 1 aliphatic rings. The Balaban J connectivity index is 1.82. The van der Waals surface area contributed by atoms with Gasteiger partial charge in [-0.1, -0.05) is 0 Å². The average Bonchev–Trinajstić information content (AvgIpc) is 2.79. The summed E-state index contributed by atoms with van der Waals surface area (Å²) in [5, 5.41) is 20.2. The molecule has 2 heterocycles. The normalized spacial score (nSPS) is 17.0. The molecule has 0 saturated heterocycles. The van der Waals surface area contributed by atoms with Crippen molar-refractivity contribution >= 4 is 41.2 Å². The molecule has 0 fully saturated rings. The van der Waals surface area contributed by atoms with Crippen LogP contribution in [0.4, 0.5) is 17.5 Å². The number of aromatic nitrogens is 2. The van der Waals surface area contributed by atoms with Gasteiger partial charge in [0.1, 0.15) is 17.4 Å². The fourth-order valence-electron chi connectivity index (χ4n) is 3.03. The lowest BCUT2D eigenvalue weighted by atomic mass is 10.1. The van der Waals surface area contributed by atoms with Crippen LogP contribution in [0.1, 0.15) is 27.3 Å². The van der Waals surface area contributed by atoms with Crippen molar-refractivity contribution in [3.05, 3.63) is 40.7 Å². The van der Waals surface area contributed by atoms with Crippen LogP contribution in [-0.4, -0.2) is 69.5 Å². The summed E-state index contributed by atoms with van der Waals surface area (Å²) in [7, 11) is 0. The zero-order chi connectivity index (χ0) is 27.5. The number of carbonyl (C=O) groups is 4. The van der Waals surface area contributed by atoms with E-state index in [1.165, 1.54) is 24.3 Å². The number of nitrogens with one attached hydrogen (secondary N) is 1. The number of hydrogen-bond donors (Lipinski definition) is 5. The van der Waals surface area contributed by atoms with Crippen molar-refractivity contribution in [1.29, 1.82) is 0 Å². The molecule has 14 nitrogen and oxygen atoms in total. The highest BCUT2D eigenvalue weighted by Gasteiger charge is 2.24. The third-order valence-corrected chi connectivity index (χ3v) is 4.74. The molecular formula is C20H22N8O6. The van der Waals surface area contributed by atoms with Gasteiger partial charge in [0.2, 0.25) is 5.95 Å². The molecule has 0 aliphatic carbocycles. The fourth-order valence-corrected chi connectivity index (χ4v) is 3.03. The van der Waals surface area contributed by atoms with Crippen LogP contribution in [0.3, 0.4) is 0 Å². The number of carboxylic acids is 2. The number of aliphatic carboxylic acids is 2. The van der Waals surface area contributed by atoms with E-state index in [0.29, 0.717) is 0 Å². The lowest BCUT2D eigenvalue weighted by Crippen LogP contribution is -2.45. The first-order valence-corrected chi connectivity index (χ1v) is 9.79. The summed E-state index contributed by atoms with van der Waals surface area (Å²) < 4.78 is 23.7. The van der Waals surface area contributed by atoms with Gasteiger partial charge in [-0.15, -0.1) is 0 Å². The predicted octanol–water partition coefficient (Wildman–Crippen LogP) is -2.03. The van der Waals surface area contributed by atoms with Crippen molar-refractivity contribution < 1.29 is 33.5 Å². The predicted molar refractivity (Wildman–Crippen MR) is 117 cm³/mol. The Morgan fingerprint density at radius 3 is 2.53 bits per heavy atom. The van der Waals surface area contributed by atoms with E-state index in [1.807, 2.05) is 0 Å². The standard InChI is InChI=1S/C20H22N8O6/c1-28(8-12-18(32)26-16-14(23-12)15(21)25-20(22)27-16)10-4-2-9(3-5-10)17(31)24-11(19(33)34)6-7-13(29)30/h2-5,11-12H,6-8H2,1H3,(H,24,31)(H,29,30)(H,33,34)(H4,21,22,25,26,27,32)/i1D3. The smallest absolute Gasteiger partial charge is 0.326 e. The minimum absolute atomic E-state index is 0.000635. The van der Waals surface area contributed by atoms with E-state index in [-0.39, 0.29) is 40.3 Å². The maximum atomic E-state index is 12.5. The van der Waals surface area contributed by atoms with E-state index >= 15 is 0 Å². The molecule has 2 aromatic rings. The number of carboxylic acid groups (broad SMARTS) is 2. The Morgan fingerprint density at radius 1 is 1.21 bits per heavy atom. The molecule has 0 spiro atoms. The number of nitrogen functional groups attached to an aromatic ring is 2. The van der Waals surface area contributed by atoms with Gasteiger partial charge in [-0.3, -0.25) is 19.4 Å². The van der Waals surface area contributed by atoms with Crippen molar-refractivity contribution in [1.82, 2.24) is 15.3 Å². The van der Waals surface area contributed by atoms with E-state index in [0.717, 1.165) is 4.90 Å². The molecule has 178 valence electrons. The van der Waals surface area contributed by atoms with Crippen LogP contribution >= 0.6 is 0 Å². The van der Waals surface area contributed by atoms with Gasteiger partial charge in [0, 0.05) is 35.3 Å². The number of nitrogens with zero attached hydrogens (tertiary/aromatic N) is 5. The van der Waals surface area contributed by atoms with E-state index in [2.05, 4.69) is 25.3 Å². The SMILES string of the molecule is [2H]C([2H])([2H])N(CC1N=c2c(N)nc(N)nc2=NC1=O)c1ccc(C(=O)NC(CCC(=O)O)C(=O)O)cc1. The van der Waals surface area contributed by atoms with E-state index in [4.69, 9.17) is 20.7 Å². The minimum Gasteiger partial charge on any atom is -0.481 e. The van der Waals surface area contributed by atoms with Crippen LogP contribution in [0.25, 0.3) is 0 Å². The van der Waals surface area contributed by atoms with Crippen molar-refractivity contribution in [3.8, 4) is 0 Å². The summed E-state index contributed by atoms with van der Waals surface area (Å²) in [6.07, 6.45) is -0.785. The molecule has 1 aromatic carbocycles. The Morgan fingerprint density at radius 2 is 1.91 bits per heavy atom. The topological polar surface area (TPSA) is 227 Å². The van der Waals surface area contributed by atoms with Crippen molar-refractivity contribution in [3.63, 3.8) is 0 Å². The molecule has 14 heteroatoms. The first kappa shape index (κ1) is 20.0. The summed E-state index contributed by atoms with van der Waals surface area (Å²) in [6.45, 7) is -3.15. The van der Waals surface area contributed by atoms with E-state index < -0.39 is 55.8 Å². The Hall–Kier alpha value is -4.62. The van der Waals surface area contributed by atoms with Crippen molar-refractivity contribution in [2.24, 2.45) is 9.98 Å². The Bertz CT molecular complexity index is 1370. The highest BCUT2D eigenvalue weighted by Crippen LogP contribution is 2.16. The van der Waals surface area contributed by atoms with Crippen molar-refractivity contribution in [2.75, 3.05) is 29.9 Å². The zero-order valence-corrected chi connectivity index (χ0v) is 17.5. The maximum Gasteiger partial charge on any atom is 0.326 e. The molecule has 2 amide bonds. The number of rotatable bonds is 9. The van der Waals surface area contributed by atoms with Gasteiger partial charge in [0.15, 0.2) is 11.3 Å². The van der Waals surface area contributed by atoms with Crippen LogP contribution in [-0.2, 0) is 14.4 Å². The van der Waals surface area contributed by atoms with Crippen LogP contribution in [0.15, 0.2) is 34.3 Å². The summed E-state index contributed by atoms with van der Waals surface area (Å²) in [5.41, 5.74) is 11.3. The highest BCUT2D eigenvalue weighted by atomic mass is 16.4. The molecule has 0 bridgehead atoms. The number of amides is 2. The van der Waals surface area contributed by atoms with Crippen LogP contribution in [0, 0.1) is 0 Å². The minimum atomic E-state index is -2.73. The van der Waals surface area contributed by atoms with Gasteiger partial charge in [-0.2, -0.15) is 15.0 Å². The quantitative estimate of drug-likeness (QED) is 0.267. The van der Waals surface area contributed by atoms with Crippen LogP contribution in [0.2, 0.25) is 0 Å². The van der Waals surface area contributed by atoms with Crippen LogP contribution in [0.5, 0.6) is 0 Å². The summed E-state index contributed by atoms with van der Waals surface area (Å²) in [5.74, 6) is -4.51. The number of benzene rings is 1. The average molecular weight is 473 g/mol. The third-order valence-electron chi connectivity index (χ3n) is 4.74. The lowest BCUT2D eigenvalue weighted by molar-refractivity contribution is -0.140. The Labute approximate surface area is 196 Å². The van der Waals surface area contributed by atoms with Gasteiger partial charge in [-0.05, 0) is 30.7 Å². The third kappa shape index (κ3) is 5.59. The summed E-state index contributed by atoms with van der Waals surface area (Å²) in [4.78, 5) is 63.4. The zero-order valence-electron chi connectivity index (χ0n) is 20.5. The molecule has 34 heavy (non-hydrogen) atoms. The second kappa shape index (κ2) is 9.89. The van der Waals surface area contributed by atoms with Gasteiger partial charge >= 0.3 is 11.9 Å². The lowest BCUT2D eigenvalue weighted by Gasteiger charge is -2.23. The first-order valence-electron chi connectivity index (χ1n) is 11.3. The molecule has 0 radical (unpaired) electrons. The number of anilines is 3. The maximum absolute atomic E-state index is 12.5. The number of hydrogen-bond acceptors (Lipinski definition) is 10. The summed E-state index contributed by atoms with van der Waals surface area (Å²) in [6, 6.07) is 2.42. The van der Waals surface area contributed by atoms with Crippen molar-refractivity contribution in [2.45, 2.75) is 24.9 Å². The molecule has 1 aliphatic heterocycles. The molecule has 1 aromatic heterocycles. The van der Waals surface area contributed by atoms with Crippen LogP contribution < -0.4 is 32.5 Å². The number of likely N-dealkylation sites (N-methyl/N-ethyl adjacent to an activating group) is 1. The molecular weight excluding hydrogens is 448 g/mol. The number of nitrogens with two attached hydrogens (primary N) is 2. The number of fused-ring (bicyclic) bond motifs is 1. The second-order valence-corrected chi connectivity index (χ2v) is 7.19. The molecule has 2 atom stereocenters. The monoisotopic (exact) mass is 473 g/mol.